The first-order valence-corrected chi connectivity index (χ1v) is 8.10. The van der Waals surface area contributed by atoms with E-state index in [1.807, 2.05) is 22.9 Å². The van der Waals surface area contributed by atoms with Crippen LogP contribution in [0.15, 0.2) is 42.7 Å². The molecule has 124 valence electrons. The number of halogens is 1. The van der Waals surface area contributed by atoms with E-state index in [2.05, 4.69) is 17.2 Å². The molecule has 0 spiro atoms. The van der Waals surface area contributed by atoms with Gasteiger partial charge in [-0.1, -0.05) is 18.5 Å². The minimum Gasteiger partial charge on any atom is -0.495 e. The number of aryl methyl sites for hydroxylation is 1. The molecule has 3 rings (SSSR count). The Kier molecular flexibility index (Phi) is 4.71. The molecular formula is C18H18ClN3O2. The zero-order valence-electron chi connectivity index (χ0n) is 13.5. The summed E-state index contributed by atoms with van der Waals surface area (Å²) < 4.78 is 7.13. The van der Waals surface area contributed by atoms with Gasteiger partial charge in [-0.2, -0.15) is 0 Å². The molecular weight excluding hydrogens is 326 g/mol. The average Bonchev–Trinajstić information content (AvgIpc) is 2.95. The van der Waals surface area contributed by atoms with E-state index in [4.69, 9.17) is 16.3 Å². The molecule has 0 aliphatic rings. The second-order valence-electron chi connectivity index (χ2n) is 5.41. The van der Waals surface area contributed by atoms with Crippen molar-refractivity contribution in [2.75, 3.05) is 12.4 Å². The van der Waals surface area contributed by atoms with E-state index in [0.29, 0.717) is 22.0 Å². The molecule has 0 unspecified atom stereocenters. The summed E-state index contributed by atoms with van der Waals surface area (Å²) in [5.74, 6) is 0.377. The highest BCUT2D eigenvalue weighted by molar-refractivity contribution is 6.32. The van der Waals surface area contributed by atoms with Gasteiger partial charge >= 0.3 is 0 Å². The number of methoxy groups -OCH3 is 1. The second kappa shape index (κ2) is 6.93. The first-order valence-electron chi connectivity index (χ1n) is 7.72. The number of carbonyl (C=O) groups is 1. The van der Waals surface area contributed by atoms with Crippen LogP contribution in [0, 0.1) is 0 Å². The monoisotopic (exact) mass is 343 g/mol. The standard InChI is InChI=1S/C18H18ClN3O2/c1-3-9-22-11-14(13-5-4-8-20-17(13)22)18(23)21-12-6-7-16(24-2)15(19)10-12/h4-8,10-11H,3,9H2,1-2H3,(H,21,23). The normalized spacial score (nSPS) is 10.8. The summed E-state index contributed by atoms with van der Waals surface area (Å²) in [5.41, 5.74) is 2.03. The summed E-state index contributed by atoms with van der Waals surface area (Å²) in [6.45, 7) is 2.91. The molecule has 1 aromatic carbocycles. The molecule has 0 aliphatic carbocycles. The third-order valence-electron chi connectivity index (χ3n) is 3.75. The maximum Gasteiger partial charge on any atom is 0.257 e. The van der Waals surface area contributed by atoms with E-state index in [1.54, 1.807) is 31.5 Å². The molecule has 6 heteroatoms. The minimum absolute atomic E-state index is 0.191. The van der Waals surface area contributed by atoms with Crippen molar-refractivity contribution in [2.24, 2.45) is 0 Å². The van der Waals surface area contributed by atoms with Gasteiger partial charge in [-0.15, -0.1) is 0 Å². The van der Waals surface area contributed by atoms with Crippen LogP contribution in [0.2, 0.25) is 5.02 Å². The Balaban J connectivity index is 1.93. The number of ether oxygens (including phenoxy) is 1. The molecule has 0 fully saturated rings. The van der Waals surface area contributed by atoms with Gasteiger partial charge in [0.1, 0.15) is 11.4 Å². The average molecular weight is 344 g/mol. The topological polar surface area (TPSA) is 56.2 Å². The van der Waals surface area contributed by atoms with Crippen molar-refractivity contribution in [3.63, 3.8) is 0 Å². The summed E-state index contributed by atoms with van der Waals surface area (Å²) in [7, 11) is 1.55. The van der Waals surface area contributed by atoms with Crippen molar-refractivity contribution in [1.82, 2.24) is 9.55 Å². The Morgan fingerprint density at radius 3 is 2.92 bits per heavy atom. The zero-order valence-corrected chi connectivity index (χ0v) is 14.3. The lowest BCUT2D eigenvalue weighted by Gasteiger charge is -2.07. The van der Waals surface area contributed by atoms with Crippen LogP contribution in [0.5, 0.6) is 5.75 Å². The lowest BCUT2D eigenvalue weighted by Crippen LogP contribution is -2.11. The van der Waals surface area contributed by atoms with Gasteiger partial charge < -0.3 is 14.6 Å². The Labute approximate surface area is 145 Å². The summed E-state index contributed by atoms with van der Waals surface area (Å²) in [6, 6.07) is 8.89. The molecule has 1 amide bonds. The SMILES string of the molecule is CCCn1cc(C(=O)Nc2ccc(OC)c(Cl)c2)c2cccnc21. The number of aromatic nitrogens is 2. The van der Waals surface area contributed by atoms with Gasteiger partial charge in [0, 0.05) is 30.0 Å². The zero-order chi connectivity index (χ0) is 17.1. The van der Waals surface area contributed by atoms with Crippen molar-refractivity contribution in [1.29, 1.82) is 0 Å². The van der Waals surface area contributed by atoms with E-state index in [0.717, 1.165) is 24.0 Å². The Morgan fingerprint density at radius 1 is 1.38 bits per heavy atom. The molecule has 5 nitrogen and oxygen atoms in total. The molecule has 0 saturated carbocycles. The van der Waals surface area contributed by atoms with Crippen LogP contribution < -0.4 is 10.1 Å². The van der Waals surface area contributed by atoms with Gasteiger partial charge in [0.05, 0.1) is 17.7 Å². The predicted octanol–water partition coefficient (Wildman–Crippen LogP) is 4.36. The number of fused-ring (bicyclic) bond motifs is 1. The summed E-state index contributed by atoms with van der Waals surface area (Å²) in [4.78, 5) is 17.1. The quantitative estimate of drug-likeness (QED) is 0.748. The van der Waals surface area contributed by atoms with Gasteiger partial charge in [-0.25, -0.2) is 4.98 Å². The number of anilines is 1. The van der Waals surface area contributed by atoms with Crippen molar-refractivity contribution >= 4 is 34.2 Å². The number of hydrogen-bond acceptors (Lipinski definition) is 3. The fourth-order valence-electron chi connectivity index (χ4n) is 2.66. The van der Waals surface area contributed by atoms with Crippen LogP contribution in [0.1, 0.15) is 23.7 Å². The molecule has 0 radical (unpaired) electrons. The van der Waals surface area contributed by atoms with Gasteiger partial charge in [0.25, 0.3) is 5.91 Å². The Bertz CT molecular complexity index is 889. The maximum absolute atomic E-state index is 12.7. The Hall–Kier alpha value is -2.53. The van der Waals surface area contributed by atoms with Crippen molar-refractivity contribution < 1.29 is 9.53 Å². The number of carbonyl (C=O) groups excluding carboxylic acids is 1. The van der Waals surface area contributed by atoms with Gasteiger partial charge in [0.2, 0.25) is 0 Å². The molecule has 0 saturated heterocycles. The maximum atomic E-state index is 12.7. The molecule has 24 heavy (non-hydrogen) atoms. The molecule has 0 aliphatic heterocycles. The number of amides is 1. The summed E-state index contributed by atoms with van der Waals surface area (Å²) in [5, 5.41) is 4.16. The van der Waals surface area contributed by atoms with Crippen molar-refractivity contribution in [2.45, 2.75) is 19.9 Å². The molecule has 2 heterocycles. The highest BCUT2D eigenvalue weighted by atomic mass is 35.5. The third kappa shape index (κ3) is 3.08. The number of nitrogens with one attached hydrogen (secondary N) is 1. The van der Waals surface area contributed by atoms with Gasteiger partial charge in [-0.05, 0) is 36.8 Å². The number of benzene rings is 1. The third-order valence-corrected chi connectivity index (χ3v) is 4.05. The number of rotatable bonds is 5. The van der Waals surface area contributed by atoms with Crippen LogP contribution in [0.4, 0.5) is 5.69 Å². The van der Waals surface area contributed by atoms with Gasteiger partial charge in [0.15, 0.2) is 0 Å². The number of hydrogen-bond donors (Lipinski definition) is 1. The van der Waals surface area contributed by atoms with E-state index in [1.165, 1.54) is 0 Å². The smallest absolute Gasteiger partial charge is 0.257 e. The van der Waals surface area contributed by atoms with E-state index >= 15 is 0 Å². The fraction of sp³-hybridized carbons (Fsp3) is 0.222. The predicted molar refractivity (Wildman–Crippen MR) is 96.0 cm³/mol. The van der Waals surface area contributed by atoms with E-state index in [-0.39, 0.29) is 5.91 Å². The lowest BCUT2D eigenvalue weighted by atomic mass is 10.2. The van der Waals surface area contributed by atoms with Crippen molar-refractivity contribution in [3.8, 4) is 5.75 Å². The summed E-state index contributed by atoms with van der Waals surface area (Å²) >= 11 is 6.11. The van der Waals surface area contributed by atoms with Crippen LogP contribution in [0.25, 0.3) is 11.0 Å². The molecule has 0 bridgehead atoms. The van der Waals surface area contributed by atoms with Crippen LogP contribution >= 0.6 is 11.6 Å². The second-order valence-corrected chi connectivity index (χ2v) is 5.82. The highest BCUT2D eigenvalue weighted by Crippen LogP contribution is 2.28. The van der Waals surface area contributed by atoms with Gasteiger partial charge in [-0.3, -0.25) is 4.79 Å². The first kappa shape index (κ1) is 16.3. The number of pyridine rings is 1. The number of nitrogens with zero attached hydrogens (tertiary/aromatic N) is 2. The molecule has 3 aromatic rings. The Morgan fingerprint density at radius 2 is 2.21 bits per heavy atom. The van der Waals surface area contributed by atoms with Crippen molar-refractivity contribution in [3.05, 3.63) is 53.3 Å². The largest absolute Gasteiger partial charge is 0.495 e. The molecule has 1 N–H and O–H groups in total. The minimum atomic E-state index is -0.191. The molecule has 2 aromatic heterocycles. The van der Waals surface area contributed by atoms with E-state index in [9.17, 15) is 4.79 Å². The first-order chi connectivity index (χ1) is 11.6. The fourth-order valence-corrected chi connectivity index (χ4v) is 2.92. The van der Waals surface area contributed by atoms with Crippen LogP contribution in [-0.2, 0) is 6.54 Å². The molecule has 0 atom stereocenters. The summed E-state index contributed by atoms with van der Waals surface area (Å²) in [6.07, 6.45) is 4.55. The van der Waals surface area contributed by atoms with E-state index < -0.39 is 0 Å². The van der Waals surface area contributed by atoms with Crippen LogP contribution in [-0.4, -0.2) is 22.6 Å². The lowest BCUT2D eigenvalue weighted by molar-refractivity contribution is 0.102. The highest BCUT2D eigenvalue weighted by Gasteiger charge is 2.16. The van der Waals surface area contributed by atoms with Crippen LogP contribution in [0.3, 0.4) is 0 Å².